The summed E-state index contributed by atoms with van der Waals surface area (Å²) in [5, 5.41) is 5.09. The summed E-state index contributed by atoms with van der Waals surface area (Å²) in [6, 6.07) is 7.76. The third kappa shape index (κ3) is 17.3. The SMILES string of the molecule is CC.CC.CC.CC.CC(CNCCc1ccc(CON(C)CC2C=C(C(F)(F)F)NN2)cc1)C1=CC=CN(C)C1. The van der Waals surface area contributed by atoms with E-state index in [9.17, 15) is 13.2 Å². The molecule has 0 bridgehead atoms. The van der Waals surface area contributed by atoms with Crippen LogP contribution in [0.5, 0.6) is 0 Å². The number of benzene rings is 1. The molecular formula is C32H58F3N5O. The van der Waals surface area contributed by atoms with Crippen LogP contribution in [-0.4, -0.2) is 62.5 Å². The second-order valence-electron chi connectivity index (χ2n) is 8.71. The van der Waals surface area contributed by atoms with E-state index in [4.69, 9.17) is 4.84 Å². The molecule has 0 fully saturated rings. The van der Waals surface area contributed by atoms with Crippen molar-refractivity contribution in [1.82, 2.24) is 26.1 Å². The van der Waals surface area contributed by atoms with E-state index in [1.54, 1.807) is 12.1 Å². The first-order valence-corrected chi connectivity index (χ1v) is 15.2. The van der Waals surface area contributed by atoms with Crippen molar-refractivity contribution in [3.05, 3.63) is 71.1 Å². The molecule has 3 N–H and O–H groups in total. The van der Waals surface area contributed by atoms with Crippen LogP contribution in [0.3, 0.4) is 0 Å². The predicted molar refractivity (Wildman–Crippen MR) is 169 cm³/mol. The highest BCUT2D eigenvalue weighted by atomic mass is 19.4. The summed E-state index contributed by atoms with van der Waals surface area (Å²) in [5.41, 5.74) is 7.71. The normalized spacial score (nSPS) is 16.3. The Balaban J connectivity index is 0. The Hall–Kier alpha value is -2.33. The molecule has 0 saturated heterocycles. The van der Waals surface area contributed by atoms with Crippen molar-refractivity contribution in [1.29, 1.82) is 0 Å². The number of nitrogens with zero attached hydrogens (tertiary/aromatic N) is 2. The Kier molecular flexibility index (Phi) is 24.2. The number of nitrogens with one attached hydrogen (secondary N) is 3. The molecule has 6 nitrogen and oxygen atoms in total. The van der Waals surface area contributed by atoms with Gasteiger partial charge in [-0.2, -0.15) is 18.2 Å². The maximum atomic E-state index is 12.7. The van der Waals surface area contributed by atoms with Gasteiger partial charge in [-0.3, -0.25) is 4.84 Å². The van der Waals surface area contributed by atoms with Gasteiger partial charge in [0.25, 0.3) is 0 Å². The number of hydrogen-bond donors (Lipinski definition) is 3. The lowest BCUT2D eigenvalue weighted by atomic mass is 9.98. The number of rotatable bonds is 11. The average molecular weight is 586 g/mol. The molecule has 0 aliphatic carbocycles. The Bertz CT molecular complexity index is 854. The number of hydrazine groups is 1. The van der Waals surface area contributed by atoms with Crippen molar-refractivity contribution in [2.24, 2.45) is 5.92 Å². The second-order valence-corrected chi connectivity index (χ2v) is 8.71. The largest absolute Gasteiger partial charge is 0.431 e. The molecule has 2 atom stereocenters. The number of allylic oxidation sites excluding steroid dienone is 3. The van der Waals surface area contributed by atoms with Crippen LogP contribution >= 0.6 is 0 Å². The van der Waals surface area contributed by atoms with Gasteiger partial charge in [0.2, 0.25) is 0 Å². The third-order valence-corrected chi connectivity index (χ3v) is 5.75. The average Bonchev–Trinajstić information content (AvgIpc) is 3.48. The first-order valence-electron chi connectivity index (χ1n) is 15.2. The number of likely N-dealkylation sites (N-methyl/N-ethyl adjacent to an activating group) is 2. The van der Waals surface area contributed by atoms with Crippen LogP contribution in [0.4, 0.5) is 13.2 Å². The Morgan fingerprint density at radius 1 is 1.02 bits per heavy atom. The van der Waals surface area contributed by atoms with Crippen molar-refractivity contribution >= 4 is 0 Å². The highest BCUT2D eigenvalue weighted by Gasteiger charge is 2.37. The lowest BCUT2D eigenvalue weighted by Gasteiger charge is -2.24. The molecule has 0 saturated carbocycles. The first-order chi connectivity index (χ1) is 19.7. The fraction of sp³-hybridized carbons (Fsp3) is 0.625. The van der Waals surface area contributed by atoms with Crippen LogP contribution in [0, 0.1) is 5.92 Å². The van der Waals surface area contributed by atoms with E-state index in [0.29, 0.717) is 12.5 Å². The highest BCUT2D eigenvalue weighted by Crippen LogP contribution is 2.25. The molecule has 2 heterocycles. The second kappa shape index (κ2) is 24.3. The van der Waals surface area contributed by atoms with Crippen molar-refractivity contribution in [3.8, 4) is 0 Å². The molecule has 1 aromatic carbocycles. The molecule has 41 heavy (non-hydrogen) atoms. The molecule has 3 rings (SSSR count). The van der Waals surface area contributed by atoms with Gasteiger partial charge < -0.3 is 15.6 Å². The van der Waals surface area contributed by atoms with Gasteiger partial charge in [0.05, 0.1) is 12.6 Å². The number of hydrogen-bond acceptors (Lipinski definition) is 6. The zero-order valence-corrected chi connectivity index (χ0v) is 27.5. The van der Waals surface area contributed by atoms with E-state index >= 15 is 0 Å². The van der Waals surface area contributed by atoms with E-state index < -0.39 is 17.9 Å². The summed E-state index contributed by atoms with van der Waals surface area (Å²) in [4.78, 5) is 7.86. The van der Waals surface area contributed by atoms with Gasteiger partial charge in [-0.1, -0.05) is 92.7 Å². The van der Waals surface area contributed by atoms with E-state index in [-0.39, 0.29) is 6.54 Å². The van der Waals surface area contributed by atoms with Crippen molar-refractivity contribution < 1.29 is 18.0 Å². The van der Waals surface area contributed by atoms with E-state index in [1.807, 2.05) is 67.5 Å². The maximum Gasteiger partial charge on any atom is 0.431 e. The van der Waals surface area contributed by atoms with Crippen molar-refractivity contribution in [3.63, 3.8) is 0 Å². The van der Waals surface area contributed by atoms with Crippen molar-refractivity contribution in [2.75, 3.05) is 40.3 Å². The summed E-state index contributed by atoms with van der Waals surface area (Å²) < 4.78 is 38.0. The lowest BCUT2D eigenvalue weighted by molar-refractivity contribution is -0.152. The minimum atomic E-state index is -4.38. The van der Waals surface area contributed by atoms with E-state index in [1.165, 1.54) is 11.1 Å². The molecule has 2 aliphatic rings. The molecule has 2 aliphatic heterocycles. The molecule has 0 aromatic heterocycles. The van der Waals surface area contributed by atoms with Gasteiger partial charge in [0.15, 0.2) is 0 Å². The van der Waals surface area contributed by atoms with Crippen LogP contribution in [0.2, 0.25) is 0 Å². The van der Waals surface area contributed by atoms with Gasteiger partial charge in [-0.15, -0.1) is 0 Å². The van der Waals surface area contributed by atoms with Crippen LogP contribution < -0.4 is 16.2 Å². The minimum Gasteiger partial charge on any atom is -0.376 e. The number of hydroxylamine groups is 2. The van der Waals surface area contributed by atoms with Crippen LogP contribution in [0.1, 0.15) is 73.4 Å². The molecular weight excluding hydrogens is 527 g/mol. The molecule has 0 amide bonds. The monoisotopic (exact) mass is 585 g/mol. The topological polar surface area (TPSA) is 51.8 Å². The highest BCUT2D eigenvalue weighted by molar-refractivity contribution is 5.23. The van der Waals surface area contributed by atoms with Gasteiger partial charge in [-0.25, -0.2) is 5.43 Å². The smallest absolute Gasteiger partial charge is 0.376 e. The zero-order valence-electron chi connectivity index (χ0n) is 27.5. The summed E-state index contributed by atoms with van der Waals surface area (Å²) in [7, 11) is 3.80. The fourth-order valence-corrected chi connectivity index (χ4v) is 3.74. The minimum absolute atomic E-state index is 0.290. The first kappa shape index (κ1) is 40.8. The zero-order chi connectivity index (χ0) is 31.8. The third-order valence-electron chi connectivity index (χ3n) is 5.75. The Morgan fingerprint density at radius 2 is 1.61 bits per heavy atom. The summed E-state index contributed by atoms with van der Waals surface area (Å²) in [6.45, 7) is 21.8. The molecule has 0 spiro atoms. The summed E-state index contributed by atoms with van der Waals surface area (Å²) in [6.07, 6.45) is 4.10. The quantitative estimate of drug-likeness (QED) is 0.188. The van der Waals surface area contributed by atoms with Gasteiger partial charge in [-0.05, 0) is 53.9 Å². The maximum absolute atomic E-state index is 12.7. The predicted octanol–water partition coefficient (Wildman–Crippen LogP) is 7.23. The molecule has 238 valence electrons. The molecule has 9 heteroatoms. The Morgan fingerprint density at radius 3 is 2.15 bits per heavy atom. The number of alkyl halides is 3. The van der Waals surface area contributed by atoms with Crippen LogP contribution in [-0.2, 0) is 17.9 Å². The molecule has 0 radical (unpaired) electrons. The van der Waals surface area contributed by atoms with Gasteiger partial charge >= 0.3 is 6.18 Å². The summed E-state index contributed by atoms with van der Waals surface area (Å²) in [5.74, 6) is 0.500. The van der Waals surface area contributed by atoms with Crippen LogP contribution in [0.25, 0.3) is 0 Å². The van der Waals surface area contributed by atoms with E-state index in [2.05, 4.69) is 65.5 Å². The number of halogens is 3. The summed E-state index contributed by atoms with van der Waals surface area (Å²) >= 11 is 0. The van der Waals surface area contributed by atoms with E-state index in [0.717, 1.165) is 37.7 Å². The lowest BCUT2D eigenvalue weighted by Crippen LogP contribution is -2.40. The molecule has 1 aromatic rings. The standard InChI is InChI=1S/C24H34F3N5O.4C2H6/c1-18(21-5-4-12-31(2)15-21)14-28-11-10-19-6-8-20(9-7-19)17-33-32(3)16-22-13-23(30-29-22)24(25,26)27;4*1-2/h4-9,12-13,18,22,28-30H,10-11,14-17H2,1-3H3;4*1-2H3. The molecule has 2 unspecified atom stereocenters. The van der Waals surface area contributed by atoms with Crippen molar-refractivity contribution in [2.45, 2.75) is 87.6 Å². The Labute approximate surface area is 249 Å². The van der Waals surface area contributed by atoms with Crippen LogP contribution in [0.15, 0.2) is 60.0 Å². The fourth-order valence-electron chi connectivity index (χ4n) is 3.74. The van der Waals surface area contributed by atoms with Gasteiger partial charge in [0, 0.05) is 33.7 Å². The van der Waals surface area contributed by atoms with Gasteiger partial charge in [0.1, 0.15) is 5.70 Å².